The van der Waals surface area contributed by atoms with Gasteiger partial charge in [-0.2, -0.15) is 5.10 Å². The second-order valence-corrected chi connectivity index (χ2v) is 5.67. The van der Waals surface area contributed by atoms with Crippen molar-refractivity contribution in [3.63, 3.8) is 0 Å². The van der Waals surface area contributed by atoms with Crippen molar-refractivity contribution in [1.82, 2.24) is 14.7 Å². The Labute approximate surface area is 129 Å². The van der Waals surface area contributed by atoms with E-state index in [0.717, 1.165) is 23.1 Å². The molecule has 0 aliphatic carbocycles. The molecule has 2 aromatic rings. The fourth-order valence-electron chi connectivity index (χ4n) is 3.22. The van der Waals surface area contributed by atoms with Gasteiger partial charge in [-0.05, 0) is 19.9 Å². The number of carbonyl (C=O) groups is 1. The maximum Gasteiger partial charge on any atom is 0.237 e. The van der Waals surface area contributed by atoms with Crippen LogP contribution < -0.4 is 5.73 Å². The van der Waals surface area contributed by atoms with Crippen molar-refractivity contribution >= 4 is 16.8 Å². The van der Waals surface area contributed by atoms with Crippen LogP contribution in [-0.2, 0) is 22.6 Å². The smallest absolute Gasteiger partial charge is 0.237 e. The number of ether oxygens (including phenoxy) is 1. The Morgan fingerprint density at radius 2 is 2.23 bits per heavy atom. The maximum absolute atomic E-state index is 11.8. The molecule has 2 heterocycles. The number of carbonyl (C=O) groups excluding carboxylic acids is 1. The van der Waals surface area contributed by atoms with Gasteiger partial charge in [0.15, 0.2) is 0 Å². The monoisotopic (exact) mass is 302 g/mol. The molecule has 2 atom stereocenters. The first-order valence-electron chi connectivity index (χ1n) is 7.71. The van der Waals surface area contributed by atoms with Crippen LogP contribution in [0.2, 0.25) is 0 Å². The maximum atomic E-state index is 11.8. The minimum atomic E-state index is -0.403. The van der Waals surface area contributed by atoms with Crippen molar-refractivity contribution in [3.8, 4) is 0 Å². The zero-order valence-electron chi connectivity index (χ0n) is 13.0. The van der Waals surface area contributed by atoms with Gasteiger partial charge < -0.3 is 10.5 Å². The van der Waals surface area contributed by atoms with E-state index in [-0.39, 0.29) is 12.0 Å². The van der Waals surface area contributed by atoms with Gasteiger partial charge in [-0.1, -0.05) is 18.2 Å². The van der Waals surface area contributed by atoms with E-state index in [0.29, 0.717) is 19.7 Å². The molecule has 6 heteroatoms. The van der Waals surface area contributed by atoms with Gasteiger partial charge in [0.2, 0.25) is 5.91 Å². The second kappa shape index (κ2) is 6.06. The van der Waals surface area contributed by atoms with E-state index >= 15 is 0 Å². The second-order valence-electron chi connectivity index (χ2n) is 5.67. The minimum absolute atomic E-state index is 0.189. The molecule has 2 N–H and O–H groups in total. The molecule has 1 amide bonds. The van der Waals surface area contributed by atoms with Gasteiger partial charge in [0.1, 0.15) is 6.04 Å². The van der Waals surface area contributed by atoms with Gasteiger partial charge in [-0.15, -0.1) is 0 Å². The summed E-state index contributed by atoms with van der Waals surface area (Å²) in [5, 5.41) is 5.83. The molecule has 0 saturated carbocycles. The summed E-state index contributed by atoms with van der Waals surface area (Å²) in [6, 6.07) is 7.78. The van der Waals surface area contributed by atoms with Crippen molar-refractivity contribution in [2.24, 2.45) is 5.73 Å². The van der Waals surface area contributed by atoms with Crippen LogP contribution >= 0.6 is 0 Å². The lowest BCUT2D eigenvalue weighted by Crippen LogP contribution is -2.56. The number of morpholine rings is 1. The number of aromatic nitrogens is 2. The Balaban J connectivity index is 1.93. The summed E-state index contributed by atoms with van der Waals surface area (Å²) in [7, 11) is 0. The molecule has 3 rings (SSSR count). The number of rotatable bonds is 4. The van der Waals surface area contributed by atoms with Crippen molar-refractivity contribution in [3.05, 3.63) is 30.0 Å². The highest BCUT2D eigenvalue weighted by Crippen LogP contribution is 2.23. The Bertz CT molecular complexity index is 682. The van der Waals surface area contributed by atoms with Crippen LogP contribution in [0.15, 0.2) is 24.3 Å². The molecule has 1 saturated heterocycles. The highest BCUT2D eigenvalue weighted by Gasteiger charge is 2.34. The first-order valence-corrected chi connectivity index (χ1v) is 7.71. The Morgan fingerprint density at radius 3 is 2.95 bits per heavy atom. The van der Waals surface area contributed by atoms with Gasteiger partial charge in [0, 0.05) is 25.0 Å². The number of hydrogen-bond acceptors (Lipinski definition) is 4. The zero-order valence-corrected chi connectivity index (χ0v) is 13.0. The Kier molecular flexibility index (Phi) is 4.13. The fourth-order valence-corrected chi connectivity index (χ4v) is 3.22. The number of benzene rings is 1. The van der Waals surface area contributed by atoms with Gasteiger partial charge in [0.05, 0.1) is 23.9 Å². The van der Waals surface area contributed by atoms with Crippen molar-refractivity contribution in [2.75, 3.05) is 13.2 Å². The third kappa shape index (κ3) is 2.60. The molecule has 118 valence electrons. The van der Waals surface area contributed by atoms with Gasteiger partial charge in [-0.25, -0.2) is 0 Å². The summed E-state index contributed by atoms with van der Waals surface area (Å²) in [6.45, 7) is 6.69. The van der Waals surface area contributed by atoms with E-state index < -0.39 is 6.04 Å². The van der Waals surface area contributed by atoms with Crippen LogP contribution in [0.25, 0.3) is 10.9 Å². The molecule has 1 aromatic carbocycles. The highest BCUT2D eigenvalue weighted by atomic mass is 16.5. The number of amides is 1. The van der Waals surface area contributed by atoms with Crippen LogP contribution in [0.4, 0.5) is 0 Å². The largest absolute Gasteiger partial charge is 0.375 e. The molecule has 22 heavy (non-hydrogen) atoms. The standard InChI is InChI=1S/C16H22N4O2/c1-3-20-14-7-5-4-6-12(14)13(18-20)10-19-8-9-22-11(2)15(19)16(17)21/h4-7,11,15H,3,8-10H2,1-2H3,(H2,17,21)/t11-,15+/m1/s1. The van der Waals surface area contributed by atoms with Crippen molar-refractivity contribution in [2.45, 2.75) is 39.1 Å². The predicted molar refractivity (Wildman–Crippen MR) is 84.2 cm³/mol. The van der Waals surface area contributed by atoms with E-state index in [9.17, 15) is 4.79 Å². The number of aryl methyl sites for hydroxylation is 1. The quantitative estimate of drug-likeness (QED) is 0.919. The van der Waals surface area contributed by atoms with Gasteiger partial charge in [0.25, 0.3) is 0 Å². The number of hydrogen-bond donors (Lipinski definition) is 1. The number of fused-ring (bicyclic) bond motifs is 1. The third-order valence-electron chi connectivity index (χ3n) is 4.28. The number of para-hydroxylation sites is 1. The minimum Gasteiger partial charge on any atom is -0.375 e. The van der Waals surface area contributed by atoms with Crippen LogP contribution in [0.1, 0.15) is 19.5 Å². The summed E-state index contributed by atoms with van der Waals surface area (Å²) in [4.78, 5) is 13.8. The third-order valence-corrected chi connectivity index (χ3v) is 4.28. The predicted octanol–water partition coefficient (Wildman–Crippen LogP) is 1.13. The first kappa shape index (κ1) is 15.0. The topological polar surface area (TPSA) is 73.4 Å². The average Bonchev–Trinajstić information content (AvgIpc) is 2.85. The van der Waals surface area contributed by atoms with E-state index in [2.05, 4.69) is 24.0 Å². The van der Waals surface area contributed by atoms with Gasteiger partial charge in [-0.3, -0.25) is 14.4 Å². The van der Waals surface area contributed by atoms with Crippen LogP contribution in [0, 0.1) is 0 Å². The first-order chi connectivity index (χ1) is 10.6. The normalized spacial score (nSPS) is 23.0. The molecule has 1 aromatic heterocycles. The molecule has 0 radical (unpaired) electrons. The van der Waals surface area contributed by atoms with Crippen LogP contribution in [-0.4, -0.2) is 45.9 Å². The number of primary amides is 1. The molecule has 6 nitrogen and oxygen atoms in total. The molecule has 0 bridgehead atoms. The van der Waals surface area contributed by atoms with E-state index in [1.54, 1.807) is 0 Å². The molecular formula is C16H22N4O2. The number of nitrogens with two attached hydrogens (primary N) is 1. The van der Waals surface area contributed by atoms with Gasteiger partial charge >= 0.3 is 0 Å². The lowest BCUT2D eigenvalue weighted by Gasteiger charge is -2.37. The lowest BCUT2D eigenvalue weighted by atomic mass is 10.1. The highest BCUT2D eigenvalue weighted by molar-refractivity contribution is 5.82. The van der Waals surface area contributed by atoms with Crippen LogP contribution in [0.3, 0.4) is 0 Å². The summed E-state index contributed by atoms with van der Waals surface area (Å²) >= 11 is 0. The summed E-state index contributed by atoms with van der Waals surface area (Å²) < 4.78 is 7.56. The molecule has 1 aliphatic rings. The summed E-state index contributed by atoms with van der Waals surface area (Å²) in [5.41, 5.74) is 7.67. The van der Waals surface area contributed by atoms with Crippen molar-refractivity contribution < 1.29 is 9.53 Å². The van der Waals surface area contributed by atoms with Crippen molar-refractivity contribution in [1.29, 1.82) is 0 Å². The van der Waals surface area contributed by atoms with E-state index in [4.69, 9.17) is 15.6 Å². The molecule has 0 unspecified atom stereocenters. The fraction of sp³-hybridized carbons (Fsp3) is 0.500. The summed E-state index contributed by atoms with van der Waals surface area (Å²) in [5.74, 6) is -0.341. The lowest BCUT2D eigenvalue weighted by molar-refractivity contribution is -0.136. The van der Waals surface area contributed by atoms with E-state index in [1.165, 1.54) is 0 Å². The molecular weight excluding hydrogens is 280 g/mol. The average molecular weight is 302 g/mol. The number of nitrogens with zero attached hydrogens (tertiary/aromatic N) is 3. The Hall–Kier alpha value is -1.92. The van der Waals surface area contributed by atoms with Crippen LogP contribution in [0.5, 0.6) is 0 Å². The molecule has 0 spiro atoms. The molecule has 1 aliphatic heterocycles. The summed E-state index contributed by atoms with van der Waals surface area (Å²) in [6.07, 6.45) is -0.189. The Morgan fingerprint density at radius 1 is 1.45 bits per heavy atom. The molecule has 1 fully saturated rings. The zero-order chi connectivity index (χ0) is 15.7. The van der Waals surface area contributed by atoms with E-state index in [1.807, 2.05) is 23.7 Å². The SMILES string of the molecule is CCn1nc(CN2CCO[C@H](C)[C@H]2C(N)=O)c2ccccc21.